The topological polar surface area (TPSA) is 125 Å². The minimum Gasteiger partial charge on any atom is -0.456 e. The number of primary amides is 1. The fourth-order valence-corrected chi connectivity index (χ4v) is 3.80. The summed E-state index contributed by atoms with van der Waals surface area (Å²) in [5.41, 5.74) is 9.28. The van der Waals surface area contributed by atoms with Crippen molar-refractivity contribution in [2.24, 2.45) is 5.73 Å². The quantitative estimate of drug-likeness (QED) is 0.365. The Morgan fingerprint density at radius 1 is 1.03 bits per heavy atom. The second-order valence-corrected chi connectivity index (χ2v) is 8.12. The van der Waals surface area contributed by atoms with Gasteiger partial charge >= 0.3 is 0 Å². The van der Waals surface area contributed by atoms with Gasteiger partial charge in [-0.15, -0.1) is 0 Å². The molecule has 178 valence electrons. The molecule has 0 aliphatic rings. The Morgan fingerprint density at radius 2 is 1.86 bits per heavy atom. The highest BCUT2D eigenvalue weighted by Crippen LogP contribution is 2.32. The number of benzene rings is 2. The van der Waals surface area contributed by atoms with E-state index in [1.54, 1.807) is 47.7 Å². The van der Waals surface area contributed by atoms with E-state index in [4.69, 9.17) is 10.5 Å². The first-order valence-electron chi connectivity index (χ1n) is 11.2. The molecule has 5 aromatic rings. The van der Waals surface area contributed by atoms with Crippen LogP contribution < -0.4 is 15.8 Å². The van der Waals surface area contributed by atoms with Crippen molar-refractivity contribution in [1.82, 2.24) is 25.1 Å². The summed E-state index contributed by atoms with van der Waals surface area (Å²) in [4.78, 5) is 32.7. The van der Waals surface area contributed by atoms with Crippen molar-refractivity contribution < 1.29 is 14.3 Å². The molecule has 36 heavy (non-hydrogen) atoms. The minimum atomic E-state index is -0.542. The van der Waals surface area contributed by atoms with Crippen molar-refractivity contribution in [2.75, 3.05) is 0 Å². The summed E-state index contributed by atoms with van der Waals surface area (Å²) in [5.74, 6) is 0.441. The molecular formula is C27H22N6O3. The van der Waals surface area contributed by atoms with Crippen LogP contribution in [0.3, 0.4) is 0 Å². The average molecular weight is 479 g/mol. The summed E-state index contributed by atoms with van der Waals surface area (Å²) in [5, 5.41) is 7.92. The van der Waals surface area contributed by atoms with Gasteiger partial charge in [0.15, 0.2) is 0 Å². The van der Waals surface area contributed by atoms with Gasteiger partial charge in [-0.3, -0.25) is 19.6 Å². The average Bonchev–Trinajstić information content (AvgIpc) is 3.40. The van der Waals surface area contributed by atoms with E-state index in [9.17, 15) is 9.59 Å². The number of hydrogen-bond donors (Lipinski definition) is 2. The Morgan fingerprint density at radius 3 is 2.64 bits per heavy atom. The molecular weight excluding hydrogens is 456 g/mol. The zero-order valence-electron chi connectivity index (χ0n) is 19.4. The summed E-state index contributed by atoms with van der Waals surface area (Å²) in [6.45, 7) is 2.26. The number of amides is 2. The van der Waals surface area contributed by atoms with Crippen LogP contribution >= 0.6 is 0 Å². The molecule has 0 radical (unpaired) electrons. The molecule has 9 heteroatoms. The van der Waals surface area contributed by atoms with Crippen LogP contribution in [0.4, 0.5) is 0 Å². The second-order valence-electron chi connectivity index (χ2n) is 8.12. The van der Waals surface area contributed by atoms with Gasteiger partial charge in [-0.25, -0.2) is 4.68 Å². The van der Waals surface area contributed by atoms with Crippen molar-refractivity contribution >= 4 is 22.7 Å². The highest BCUT2D eigenvalue weighted by molar-refractivity contribution is 5.96. The number of carbonyl (C=O) groups is 2. The van der Waals surface area contributed by atoms with Crippen LogP contribution in [0.2, 0.25) is 0 Å². The van der Waals surface area contributed by atoms with E-state index < -0.39 is 5.91 Å². The maximum Gasteiger partial charge on any atom is 0.251 e. The monoisotopic (exact) mass is 478 g/mol. The molecule has 2 amide bonds. The number of rotatable bonds is 7. The van der Waals surface area contributed by atoms with Crippen molar-refractivity contribution in [2.45, 2.75) is 13.5 Å². The number of nitrogens with zero attached hydrogens (tertiary/aromatic N) is 4. The van der Waals surface area contributed by atoms with Gasteiger partial charge in [0, 0.05) is 47.8 Å². The molecule has 0 spiro atoms. The minimum absolute atomic E-state index is 0.187. The summed E-state index contributed by atoms with van der Waals surface area (Å²) in [6, 6.07) is 16.4. The number of nitrogens with two attached hydrogens (primary N) is 1. The number of pyridine rings is 2. The van der Waals surface area contributed by atoms with Crippen LogP contribution in [0.5, 0.6) is 11.5 Å². The summed E-state index contributed by atoms with van der Waals surface area (Å²) in [7, 11) is 0. The molecule has 0 saturated heterocycles. The fourth-order valence-electron chi connectivity index (χ4n) is 3.80. The Kier molecular flexibility index (Phi) is 6.10. The number of nitrogens with one attached hydrogen (secondary N) is 1. The molecule has 0 unspecified atom stereocenters. The van der Waals surface area contributed by atoms with Crippen LogP contribution in [0, 0.1) is 6.92 Å². The van der Waals surface area contributed by atoms with Crippen LogP contribution in [-0.4, -0.2) is 31.6 Å². The number of fused-ring (bicyclic) bond motifs is 1. The van der Waals surface area contributed by atoms with E-state index >= 15 is 0 Å². The SMILES string of the molecule is Cc1c(Oc2ccnc3cc(-n4cc(C(N)=O)cn4)ccc23)cccc1C(=O)NCc1ccncc1. The Labute approximate surface area is 206 Å². The molecule has 2 aromatic carbocycles. The van der Waals surface area contributed by atoms with Gasteiger partial charge in [0.1, 0.15) is 11.5 Å². The van der Waals surface area contributed by atoms with E-state index in [1.807, 2.05) is 43.3 Å². The summed E-state index contributed by atoms with van der Waals surface area (Å²) < 4.78 is 7.81. The van der Waals surface area contributed by atoms with Crippen molar-refractivity contribution in [3.05, 3.63) is 108 Å². The third-order valence-corrected chi connectivity index (χ3v) is 5.77. The Balaban J connectivity index is 1.39. The van der Waals surface area contributed by atoms with Crippen molar-refractivity contribution in [3.8, 4) is 17.2 Å². The Hall–Kier alpha value is -5.05. The lowest BCUT2D eigenvalue weighted by Crippen LogP contribution is -2.23. The van der Waals surface area contributed by atoms with Crippen molar-refractivity contribution in [3.63, 3.8) is 0 Å². The van der Waals surface area contributed by atoms with Gasteiger partial charge < -0.3 is 15.8 Å². The van der Waals surface area contributed by atoms with Gasteiger partial charge in [0.05, 0.1) is 23.0 Å². The van der Waals surface area contributed by atoms with E-state index in [2.05, 4.69) is 20.4 Å². The van der Waals surface area contributed by atoms with Gasteiger partial charge in [-0.05, 0) is 61.0 Å². The summed E-state index contributed by atoms with van der Waals surface area (Å²) >= 11 is 0. The summed E-state index contributed by atoms with van der Waals surface area (Å²) in [6.07, 6.45) is 8.02. The first kappa shape index (κ1) is 22.7. The zero-order chi connectivity index (χ0) is 25.1. The zero-order valence-corrected chi connectivity index (χ0v) is 19.4. The van der Waals surface area contributed by atoms with Gasteiger partial charge in [0.2, 0.25) is 0 Å². The highest BCUT2D eigenvalue weighted by Gasteiger charge is 2.15. The first-order chi connectivity index (χ1) is 17.5. The molecule has 5 rings (SSSR count). The third kappa shape index (κ3) is 4.62. The van der Waals surface area contributed by atoms with Crippen LogP contribution in [-0.2, 0) is 6.54 Å². The van der Waals surface area contributed by atoms with Gasteiger partial charge in [0.25, 0.3) is 11.8 Å². The number of aromatic nitrogens is 4. The van der Waals surface area contributed by atoms with Crippen LogP contribution in [0.1, 0.15) is 31.8 Å². The smallest absolute Gasteiger partial charge is 0.251 e. The van der Waals surface area contributed by atoms with E-state index in [1.165, 1.54) is 6.20 Å². The lowest BCUT2D eigenvalue weighted by molar-refractivity contribution is 0.0948. The second kappa shape index (κ2) is 9.67. The molecule has 0 saturated carbocycles. The molecule has 3 aromatic heterocycles. The molecule has 0 fully saturated rings. The lowest BCUT2D eigenvalue weighted by Gasteiger charge is -2.14. The molecule has 0 bridgehead atoms. The predicted molar refractivity (Wildman–Crippen MR) is 134 cm³/mol. The molecule has 3 N–H and O–H groups in total. The maximum atomic E-state index is 12.8. The predicted octanol–water partition coefficient (Wildman–Crippen LogP) is 3.95. The number of carbonyl (C=O) groups excluding carboxylic acids is 2. The molecule has 0 aliphatic carbocycles. The molecule has 0 atom stereocenters. The van der Waals surface area contributed by atoms with E-state index in [-0.39, 0.29) is 5.91 Å². The maximum absolute atomic E-state index is 12.8. The molecule has 3 heterocycles. The van der Waals surface area contributed by atoms with E-state index in [0.717, 1.165) is 22.2 Å². The van der Waals surface area contributed by atoms with Crippen LogP contribution in [0.15, 0.2) is 85.6 Å². The van der Waals surface area contributed by atoms with Crippen LogP contribution in [0.25, 0.3) is 16.6 Å². The first-order valence-corrected chi connectivity index (χ1v) is 11.2. The van der Waals surface area contributed by atoms with Crippen molar-refractivity contribution in [1.29, 1.82) is 0 Å². The normalized spacial score (nSPS) is 10.8. The third-order valence-electron chi connectivity index (χ3n) is 5.77. The van der Waals surface area contributed by atoms with E-state index in [0.29, 0.717) is 34.7 Å². The highest BCUT2D eigenvalue weighted by atomic mass is 16.5. The fraction of sp³-hybridized carbons (Fsp3) is 0.0741. The molecule has 9 nitrogen and oxygen atoms in total. The van der Waals surface area contributed by atoms with Gasteiger partial charge in [-0.1, -0.05) is 6.07 Å². The largest absolute Gasteiger partial charge is 0.456 e. The number of ether oxygens (including phenoxy) is 1. The van der Waals surface area contributed by atoms with Gasteiger partial charge in [-0.2, -0.15) is 5.10 Å². The molecule has 0 aliphatic heterocycles. The lowest BCUT2D eigenvalue weighted by atomic mass is 10.1. The standard InChI is InChI=1S/C27H22N6O3/c1-17-21(27(35)31-14-18-7-10-29-11-8-18)3-2-4-24(17)36-25-9-12-30-23-13-20(5-6-22(23)25)33-16-19(15-32-33)26(28)34/h2-13,15-16H,14H2,1H3,(H2,28,34)(H,31,35). The Bertz CT molecular complexity index is 1580. The number of hydrogen-bond acceptors (Lipinski definition) is 6.